The number of hydrogen-bond donors (Lipinski definition) is 3. The van der Waals surface area contributed by atoms with E-state index in [0.717, 1.165) is 42.7 Å². The largest absolute Gasteiger partial charge is 0.481 e. The summed E-state index contributed by atoms with van der Waals surface area (Å²) in [6.45, 7) is 0. The van der Waals surface area contributed by atoms with Gasteiger partial charge < -0.3 is 15.5 Å². The summed E-state index contributed by atoms with van der Waals surface area (Å²) in [5, 5.41) is 20.3. The number of carbonyl (C=O) groups is 3. The van der Waals surface area contributed by atoms with E-state index in [4.69, 9.17) is 10.2 Å². The van der Waals surface area contributed by atoms with Gasteiger partial charge in [-0.15, -0.1) is 11.8 Å². The number of nitrogens with one attached hydrogen (secondary N) is 1. The van der Waals surface area contributed by atoms with E-state index >= 15 is 0 Å². The maximum atomic E-state index is 12.3. The average Bonchev–Trinajstić information content (AvgIpc) is 2.77. The number of carboxylic acid groups (broad SMARTS) is 2. The second-order valence-electron chi connectivity index (χ2n) is 8.53. The van der Waals surface area contributed by atoms with Crippen molar-refractivity contribution in [3.05, 3.63) is 24.3 Å². The Kier molecular flexibility index (Phi) is 17.1. The molecular weight excluding hydrogens is 438 g/mol. The van der Waals surface area contributed by atoms with Crippen LogP contribution in [0.1, 0.15) is 103 Å². The number of benzene rings is 1. The lowest BCUT2D eigenvalue weighted by Gasteiger charge is -2.10. The van der Waals surface area contributed by atoms with E-state index in [1.54, 1.807) is 11.8 Å². The first-order chi connectivity index (χ1) is 16.0. The van der Waals surface area contributed by atoms with Gasteiger partial charge in [-0.2, -0.15) is 0 Å². The molecule has 1 aromatic rings. The zero-order chi connectivity index (χ0) is 24.2. The lowest BCUT2D eigenvalue weighted by Crippen LogP contribution is -2.11. The molecule has 0 aliphatic carbocycles. The molecule has 0 unspecified atom stereocenters. The van der Waals surface area contributed by atoms with Gasteiger partial charge in [-0.05, 0) is 37.1 Å². The molecule has 0 saturated heterocycles. The minimum absolute atomic E-state index is 0.0388. The van der Waals surface area contributed by atoms with Crippen LogP contribution in [0.3, 0.4) is 0 Å². The van der Waals surface area contributed by atoms with Crippen molar-refractivity contribution in [3.8, 4) is 0 Å². The third-order valence-corrected chi connectivity index (χ3v) is 6.66. The summed E-state index contributed by atoms with van der Waals surface area (Å²) in [6, 6.07) is 7.68. The Labute approximate surface area is 202 Å². The number of thioether (sulfide) groups is 1. The average molecular weight is 480 g/mol. The highest BCUT2D eigenvalue weighted by atomic mass is 32.2. The standard InChI is InChI=1S/C26H41NO5S/c28-24(27-22-16-13-14-17-23(22)33-21-15-20-26(31)32)18-11-9-7-5-3-1-2-4-6-8-10-12-19-25(29)30/h13-14,16-17H,1-12,15,18-21H2,(H,27,28)(H,29,30)(H,31,32). The zero-order valence-corrected chi connectivity index (χ0v) is 20.7. The summed E-state index contributed by atoms with van der Waals surface area (Å²) in [5.74, 6) is -0.718. The van der Waals surface area contributed by atoms with Crippen molar-refractivity contribution in [2.75, 3.05) is 11.1 Å². The molecule has 0 saturated carbocycles. The number of aliphatic carboxylic acids is 2. The normalized spacial score (nSPS) is 10.8. The third-order valence-electron chi connectivity index (χ3n) is 5.50. The number of anilines is 1. The zero-order valence-electron chi connectivity index (χ0n) is 19.9. The van der Waals surface area contributed by atoms with Gasteiger partial charge in [0.2, 0.25) is 5.91 Å². The van der Waals surface area contributed by atoms with Crippen molar-refractivity contribution in [2.45, 2.75) is 108 Å². The molecule has 0 fully saturated rings. The van der Waals surface area contributed by atoms with Crippen LogP contribution in [0.15, 0.2) is 29.2 Å². The molecule has 0 radical (unpaired) electrons. The molecule has 33 heavy (non-hydrogen) atoms. The van der Waals surface area contributed by atoms with Crippen molar-refractivity contribution in [1.29, 1.82) is 0 Å². The SMILES string of the molecule is O=C(O)CCCCCCCCCCCCCCC(=O)Nc1ccccc1SCCCC(=O)O. The van der Waals surface area contributed by atoms with E-state index in [2.05, 4.69) is 5.32 Å². The predicted molar refractivity (Wildman–Crippen MR) is 135 cm³/mol. The van der Waals surface area contributed by atoms with Crippen LogP contribution < -0.4 is 5.32 Å². The number of carboxylic acids is 2. The molecule has 0 aliphatic rings. The molecule has 0 atom stereocenters. The second kappa shape index (κ2) is 19.4. The molecule has 1 aromatic carbocycles. The highest BCUT2D eigenvalue weighted by Gasteiger charge is 2.07. The highest BCUT2D eigenvalue weighted by molar-refractivity contribution is 7.99. The smallest absolute Gasteiger partial charge is 0.303 e. The Morgan fingerprint density at radius 2 is 1.09 bits per heavy atom. The van der Waals surface area contributed by atoms with Crippen LogP contribution in [0.4, 0.5) is 5.69 Å². The van der Waals surface area contributed by atoms with Crippen LogP contribution in [0.2, 0.25) is 0 Å². The van der Waals surface area contributed by atoms with E-state index in [0.29, 0.717) is 25.0 Å². The molecule has 0 heterocycles. The van der Waals surface area contributed by atoms with E-state index in [-0.39, 0.29) is 12.3 Å². The van der Waals surface area contributed by atoms with Crippen LogP contribution in [-0.2, 0) is 14.4 Å². The first-order valence-electron chi connectivity index (χ1n) is 12.4. The molecule has 7 heteroatoms. The summed E-state index contributed by atoms with van der Waals surface area (Å²) >= 11 is 1.58. The minimum atomic E-state index is -0.779. The molecular formula is C26H41NO5S. The van der Waals surface area contributed by atoms with Gasteiger partial charge in [-0.25, -0.2) is 0 Å². The number of amides is 1. The van der Waals surface area contributed by atoms with Crippen LogP contribution in [0, 0.1) is 0 Å². The second-order valence-corrected chi connectivity index (χ2v) is 9.66. The van der Waals surface area contributed by atoms with Crippen molar-refractivity contribution < 1.29 is 24.6 Å². The predicted octanol–water partition coefficient (Wildman–Crippen LogP) is 7.13. The molecule has 6 nitrogen and oxygen atoms in total. The van der Waals surface area contributed by atoms with Gasteiger partial charge in [-0.3, -0.25) is 14.4 Å². The first-order valence-corrected chi connectivity index (χ1v) is 13.4. The Balaban J connectivity index is 2.01. The van der Waals surface area contributed by atoms with Crippen LogP contribution in [0.25, 0.3) is 0 Å². The fraction of sp³-hybridized carbons (Fsp3) is 0.654. The molecule has 3 N–H and O–H groups in total. The summed E-state index contributed by atoms with van der Waals surface area (Å²) < 4.78 is 0. The van der Waals surface area contributed by atoms with Gasteiger partial charge in [0, 0.05) is 24.2 Å². The van der Waals surface area contributed by atoms with Gasteiger partial charge in [-0.1, -0.05) is 76.3 Å². The Morgan fingerprint density at radius 1 is 0.636 bits per heavy atom. The number of carbonyl (C=O) groups excluding carboxylic acids is 1. The minimum Gasteiger partial charge on any atom is -0.481 e. The number of rotatable bonds is 21. The number of unbranched alkanes of at least 4 members (excludes halogenated alkanes) is 11. The van der Waals surface area contributed by atoms with Gasteiger partial charge in [0.15, 0.2) is 0 Å². The Morgan fingerprint density at radius 3 is 1.64 bits per heavy atom. The molecule has 0 aliphatic heterocycles. The summed E-state index contributed by atoms with van der Waals surface area (Å²) in [7, 11) is 0. The Bertz CT molecular complexity index is 695. The van der Waals surface area contributed by atoms with Crippen LogP contribution in [-0.4, -0.2) is 33.8 Å². The van der Waals surface area contributed by atoms with Crippen molar-refractivity contribution in [3.63, 3.8) is 0 Å². The molecule has 0 aromatic heterocycles. The maximum absolute atomic E-state index is 12.3. The van der Waals surface area contributed by atoms with Crippen molar-refractivity contribution in [1.82, 2.24) is 0 Å². The van der Waals surface area contributed by atoms with E-state index in [1.807, 2.05) is 24.3 Å². The van der Waals surface area contributed by atoms with E-state index < -0.39 is 11.9 Å². The lowest BCUT2D eigenvalue weighted by molar-refractivity contribution is -0.138. The van der Waals surface area contributed by atoms with Crippen molar-refractivity contribution in [2.24, 2.45) is 0 Å². The molecule has 0 spiro atoms. The quantitative estimate of drug-likeness (QED) is 0.128. The van der Waals surface area contributed by atoms with Gasteiger partial charge in [0.1, 0.15) is 0 Å². The van der Waals surface area contributed by atoms with Gasteiger partial charge in [0.25, 0.3) is 0 Å². The summed E-state index contributed by atoms with van der Waals surface area (Å²) in [5.41, 5.74) is 0.810. The third kappa shape index (κ3) is 17.2. The molecule has 0 bridgehead atoms. The van der Waals surface area contributed by atoms with E-state index in [1.165, 1.54) is 44.9 Å². The fourth-order valence-electron chi connectivity index (χ4n) is 3.64. The lowest BCUT2D eigenvalue weighted by atomic mass is 10.0. The number of hydrogen-bond acceptors (Lipinski definition) is 4. The molecule has 1 amide bonds. The molecule has 186 valence electrons. The van der Waals surface area contributed by atoms with Gasteiger partial charge >= 0.3 is 11.9 Å². The summed E-state index contributed by atoms with van der Waals surface area (Å²) in [6.07, 6.45) is 15.1. The first kappa shape index (κ1) is 29.0. The van der Waals surface area contributed by atoms with Crippen molar-refractivity contribution >= 4 is 35.3 Å². The van der Waals surface area contributed by atoms with E-state index in [9.17, 15) is 14.4 Å². The summed E-state index contributed by atoms with van der Waals surface area (Å²) in [4.78, 5) is 34.3. The van der Waals surface area contributed by atoms with Gasteiger partial charge in [0.05, 0.1) is 5.69 Å². The maximum Gasteiger partial charge on any atom is 0.303 e. The number of para-hydroxylation sites is 1. The Hall–Kier alpha value is -2.02. The van der Waals surface area contributed by atoms with Crippen LogP contribution >= 0.6 is 11.8 Å². The topological polar surface area (TPSA) is 104 Å². The van der Waals surface area contributed by atoms with Crippen LogP contribution in [0.5, 0.6) is 0 Å². The highest BCUT2D eigenvalue weighted by Crippen LogP contribution is 2.28. The monoisotopic (exact) mass is 479 g/mol. The fourth-order valence-corrected chi connectivity index (χ4v) is 4.60. The molecule has 1 rings (SSSR count).